The van der Waals surface area contributed by atoms with Gasteiger partial charge in [-0.25, -0.2) is 4.79 Å². The number of ether oxygens (including phenoxy) is 1. The molecule has 8 heteroatoms. The minimum absolute atomic E-state index is 0.177. The Morgan fingerprint density at radius 1 is 1.55 bits per heavy atom. The predicted molar refractivity (Wildman–Crippen MR) is 78.7 cm³/mol. The number of amides is 1. The highest BCUT2D eigenvalue weighted by atomic mass is 79.9. The highest BCUT2D eigenvalue weighted by Crippen LogP contribution is 2.34. The molecule has 1 N–H and O–H groups in total. The monoisotopic (exact) mass is 364 g/mol. The van der Waals surface area contributed by atoms with Crippen LogP contribution in [0.15, 0.2) is 24.3 Å². The molecule has 1 amide bonds. The second-order valence-electron chi connectivity index (χ2n) is 4.13. The van der Waals surface area contributed by atoms with Gasteiger partial charge in [0, 0.05) is 32.8 Å². The lowest BCUT2D eigenvalue weighted by molar-refractivity contribution is -0.536. The molecular weight excluding hydrogens is 351 g/mol. The van der Waals surface area contributed by atoms with E-state index < -0.39 is 21.5 Å². The second kappa shape index (κ2) is 6.90. The second-order valence-corrected chi connectivity index (χ2v) is 6.17. The third-order valence-corrected chi connectivity index (χ3v) is 3.62. The van der Waals surface area contributed by atoms with E-state index in [0.29, 0.717) is 10.6 Å². The van der Waals surface area contributed by atoms with E-state index in [9.17, 15) is 14.9 Å². The minimum Gasteiger partial charge on any atom is -0.450 e. The molecule has 0 spiro atoms. The lowest BCUT2D eigenvalue weighted by Gasteiger charge is -2.26. The van der Waals surface area contributed by atoms with Gasteiger partial charge in [-0.05, 0) is 24.6 Å². The van der Waals surface area contributed by atoms with Crippen LogP contribution in [0.25, 0.3) is 0 Å². The first-order chi connectivity index (χ1) is 9.28. The van der Waals surface area contributed by atoms with Crippen LogP contribution in [0.5, 0.6) is 0 Å². The molecule has 0 radical (unpaired) electrons. The van der Waals surface area contributed by atoms with Crippen LogP contribution in [0, 0.1) is 10.1 Å². The number of carbonyl (C=O) groups is 1. The molecule has 0 bridgehead atoms. The number of halogens is 2. The zero-order chi connectivity index (χ0) is 15.3. The number of alkyl halides is 1. The van der Waals surface area contributed by atoms with Crippen LogP contribution in [0.1, 0.15) is 25.5 Å². The van der Waals surface area contributed by atoms with E-state index in [-0.39, 0.29) is 6.61 Å². The number of nitrogens with zero attached hydrogens (tertiary/aromatic N) is 1. The molecule has 6 nitrogen and oxygen atoms in total. The maximum Gasteiger partial charge on any atom is 0.407 e. The molecule has 0 aromatic heterocycles. The third kappa shape index (κ3) is 4.08. The molecule has 1 rings (SSSR count). The molecular formula is C12H14BrClN2O4. The number of hydrogen-bond acceptors (Lipinski definition) is 4. The summed E-state index contributed by atoms with van der Waals surface area (Å²) in [6.07, 6.45) is -0.722. The normalized spacial score (nSPS) is 15.0. The van der Waals surface area contributed by atoms with Crippen LogP contribution in [0.3, 0.4) is 0 Å². The van der Waals surface area contributed by atoms with Gasteiger partial charge in [-0.2, -0.15) is 0 Å². The quantitative estimate of drug-likeness (QED) is 0.375. The average molecular weight is 366 g/mol. The van der Waals surface area contributed by atoms with Crippen LogP contribution in [0.4, 0.5) is 4.79 Å². The summed E-state index contributed by atoms with van der Waals surface area (Å²) in [5.74, 6) is 0. The number of hydrogen-bond donors (Lipinski definition) is 1. The number of rotatable bonds is 5. The first-order valence-corrected chi connectivity index (χ1v) is 6.98. The van der Waals surface area contributed by atoms with E-state index in [1.54, 1.807) is 31.2 Å². The molecule has 1 aromatic carbocycles. The first kappa shape index (κ1) is 16.7. The maximum atomic E-state index is 11.6. The largest absolute Gasteiger partial charge is 0.450 e. The van der Waals surface area contributed by atoms with E-state index in [1.165, 1.54) is 6.92 Å². The number of nitrogens with one attached hydrogen (secondary N) is 1. The summed E-state index contributed by atoms with van der Waals surface area (Å²) >= 11 is 8.84. The summed E-state index contributed by atoms with van der Waals surface area (Å²) < 4.78 is 3.20. The van der Waals surface area contributed by atoms with Crippen molar-refractivity contribution in [3.63, 3.8) is 0 Å². The first-order valence-electron chi connectivity index (χ1n) is 5.81. The zero-order valence-electron chi connectivity index (χ0n) is 10.9. The molecule has 110 valence electrons. The molecule has 2 unspecified atom stereocenters. The Kier molecular flexibility index (Phi) is 5.76. The van der Waals surface area contributed by atoms with Crippen LogP contribution < -0.4 is 5.32 Å². The fraction of sp³-hybridized carbons (Fsp3) is 0.417. The molecule has 0 saturated carbocycles. The Bertz CT molecular complexity index is 493. The molecule has 0 fully saturated rings. The molecule has 0 aliphatic rings. The minimum atomic E-state index is -1.58. The van der Waals surface area contributed by atoms with E-state index in [1.807, 2.05) is 0 Å². The van der Waals surface area contributed by atoms with Crippen LogP contribution in [-0.2, 0) is 4.74 Å². The fourth-order valence-corrected chi connectivity index (χ4v) is 2.08. The number of alkyl carbamates (subject to hydrolysis) is 1. The van der Waals surface area contributed by atoms with Crippen LogP contribution >= 0.6 is 27.5 Å². The van der Waals surface area contributed by atoms with Crippen LogP contribution in [0.2, 0.25) is 5.02 Å². The van der Waals surface area contributed by atoms with Crippen molar-refractivity contribution in [2.45, 2.75) is 24.3 Å². The predicted octanol–water partition coefficient (Wildman–Crippen LogP) is 3.52. The van der Waals surface area contributed by atoms with Gasteiger partial charge in [0.25, 0.3) is 4.45 Å². The van der Waals surface area contributed by atoms with Gasteiger partial charge in [-0.1, -0.05) is 23.7 Å². The fourth-order valence-electron chi connectivity index (χ4n) is 1.57. The van der Waals surface area contributed by atoms with Gasteiger partial charge in [0.1, 0.15) is 6.04 Å². The zero-order valence-corrected chi connectivity index (χ0v) is 13.3. The number of nitro groups is 1. The van der Waals surface area contributed by atoms with Gasteiger partial charge in [-0.3, -0.25) is 10.1 Å². The molecule has 0 aliphatic heterocycles. The number of carbonyl (C=O) groups excluding carboxylic acids is 1. The summed E-state index contributed by atoms with van der Waals surface area (Å²) in [4.78, 5) is 22.2. The summed E-state index contributed by atoms with van der Waals surface area (Å²) in [6, 6.07) is 5.51. The smallest absolute Gasteiger partial charge is 0.407 e. The van der Waals surface area contributed by atoms with Crippen molar-refractivity contribution in [1.82, 2.24) is 5.32 Å². The summed E-state index contributed by atoms with van der Waals surface area (Å²) in [5.41, 5.74) is 0.540. The molecule has 0 heterocycles. The van der Waals surface area contributed by atoms with Crippen molar-refractivity contribution in [2.75, 3.05) is 6.61 Å². The highest BCUT2D eigenvalue weighted by molar-refractivity contribution is 9.10. The van der Waals surface area contributed by atoms with Gasteiger partial charge < -0.3 is 10.1 Å². The number of benzene rings is 1. The molecule has 1 aromatic rings. The van der Waals surface area contributed by atoms with E-state index >= 15 is 0 Å². The van der Waals surface area contributed by atoms with Gasteiger partial charge in [0.15, 0.2) is 0 Å². The lowest BCUT2D eigenvalue weighted by Crippen LogP contribution is -2.45. The standard InChI is InChI=1S/C12H14BrClN2O4/c1-3-20-11(17)15-10(12(2,13)16(18)19)8-4-6-9(14)7-5-8/h4-7,10H,3H2,1-2H3,(H,15,17). The summed E-state index contributed by atoms with van der Waals surface area (Å²) in [6.45, 7) is 3.19. The lowest BCUT2D eigenvalue weighted by atomic mass is 10.0. The van der Waals surface area contributed by atoms with Crippen molar-refractivity contribution >= 4 is 33.6 Å². The molecule has 0 saturated heterocycles. The average Bonchev–Trinajstić information content (AvgIpc) is 2.37. The Morgan fingerprint density at radius 3 is 2.55 bits per heavy atom. The van der Waals surface area contributed by atoms with Crippen molar-refractivity contribution in [2.24, 2.45) is 0 Å². The topological polar surface area (TPSA) is 81.5 Å². The van der Waals surface area contributed by atoms with E-state index in [4.69, 9.17) is 16.3 Å². The maximum absolute atomic E-state index is 11.6. The van der Waals surface area contributed by atoms with Gasteiger partial charge in [0.05, 0.1) is 6.61 Å². The van der Waals surface area contributed by atoms with E-state index in [0.717, 1.165) is 0 Å². The van der Waals surface area contributed by atoms with Crippen LogP contribution in [-0.4, -0.2) is 22.1 Å². The molecule has 0 aliphatic carbocycles. The van der Waals surface area contributed by atoms with Gasteiger partial charge >= 0.3 is 6.09 Å². The van der Waals surface area contributed by atoms with Crippen molar-refractivity contribution < 1.29 is 14.5 Å². The van der Waals surface area contributed by atoms with E-state index in [2.05, 4.69) is 21.2 Å². The molecule has 20 heavy (non-hydrogen) atoms. The summed E-state index contributed by atoms with van der Waals surface area (Å²) in [5, 5.41) is 14.2. The third-order valence-electron chi connectivity index (χ3n) is 2.62. The van der Waals surface area contributed by atoms with Gasteiger partial charge in [-0.15, -0.1) is 0 Å². The van der Waals surface area contributed by atoms with Crippen molar-refractivity contribution in [3.05, 3.63) is 45.0 Å². The summed E-state index contributed by atoms with van der Waals surface area (Å²) in [7, 11) is 0. The Hall–Kier alpha value is -1.34. The van der Waals surface area contributed by atoms with Crippen molar-refractivity contribution in [3.8, 4) is 0 Å². The van der Waals surface area contributed by atoms with Gasteiger partial charge in [0.2, 0.25) is 0 Å². The Labute approximate surface area is 129 Å². The molecule has 2 atom stereocenters. The SMILES string of the molecule is CCOC(=O)NC(c1ccc(Cl)cc1)C(C)(Br)[N+](=O)[O-]. The Morgan fingerprint density at radius 2 is 2.10 bits per heavy atom. The highest BCUT2D eigenvalue weighted by Gasteiger charge is 2.45. The Balaban J connectivity index is 3.10. The van der Waals surface area contributed by atoms with Crippen molar-refractivity contribution in [1.29, 1.82) is 0 Å².